The number of rotatable bonds is 7. The summed E-state index contributed by atoms with van der Waals surface area (Å²) in [5, 5.41) is 1.02. The van der Waals surface area contributed by atoms with Gasteiger partial charge in [-0.25, -0.2) is 0 Å². The molecule has 3 nitrogen and oxygen atoms in total. The Morgan fingerprint density at radius 3 is 2.70 bits per heavy atom. The Bertz CT molecular complexity index is 571. The normalized spacial score (nSPS) is 10.9. The minimum Gasteiger partial charge on any atom is -0.424 e. The molecule has 0 aliphatic heterocycles. The van der Waals surface area contributed by atoms with Gasteiger partial charge in [-0.2, -0.15) is 0 Å². The predicted octanol–water partition coefficient (Wildman–Crippen LogP) is 4.54. The van der Waals surface area contributed by atoms with Crippen molar-refractivity contribution in [1.82, 2.24) is 4.57 Å². The van der Waals surface area contributed by atoms with E-state index < -0.39 is 0 Å². The van der Waals surface area contributed by atoms with Gasteiger partial charge in [-0.05, 0) is 18.6 Å². The molecule has 0 N–H and O–H groups in total. The van der Waals surface area contributed by atoms with Gasteiger partial charge >= 0.3 is 5.97 Å². The van der Waals surface area contributed by atoms with Crippen molar-refractivity contribution in [3.63, 3.8) is 0 Å². The lowest BCUT2D eigenvalue weighted by molar-refractivity contribution is -0.133. The molecule has 1 aromatic heterocycles. The van der Waals surface area contributed by atoms with Gasteiger partial charge in [-0.15, -0.1) is 0 Å². The summed E-state index contributed by atoms with van der Waals surface area (Å²) in [6.07, 6.45) is 7.28. The second-order valence-electron chi connectivity index (χ2n) is 5.09. The average molecular weight is 273 g/mol. The summed E-state index contributed by atoms with van der Waals surface area (Å²) in [6.45, 7) is 5.00. The Labute approximate surface area is 120 Å². The lowest BCUT2D eigenvalue weighted by Crippen LogP contribution is -2.05. The van der Waals surface area contributed by atoms with E-state index in [1.807, 2.05) is 31.3 Å². The number of carbonyl (C=O) groups excluding carboxylic acids is 1. The quantitative estimate of drug-likeness (QED) is 0.548. The number of fused-ring (bicyclic) bond motifs is 1. The first-order valence-electron chi connectivity index (χ1n) is 7.54. The highest BCUT2D eigenvalue weighted by atomic mass is 16.5. The van der Waals surface area contributed by atoms with Gasteiger partial charge in [0.2, 0.25) is 0 Å². The summed E-state index contributed by atoms with van der Waals surface area (Å²) in [4.78, 5) is 11.5. The van der Waals surface area contributed by atoms with Gasteiger partial charge in [-0.1, -0.05) is 45.2 Å². The third-order valence-electron chi connectivity index (χ3n) is 3.52. The molecular formula is C17H23NO2. The van der Waals surface area contributed by atoms with Crippen molar-refractivity contribution in [3.8, 4) is 5.75 Å². The fourth-order valence-corrected chi connectivity index (χ4v) is 2.38. The van der Waals surface area contributed by atoms with Crippen molar-refractivity contribution in [2.24, 2.45) is 0 Å². The van der Waals surface area contributed by atoms with Crippen LogP contribution in [0.2, 0.25) is 0 Å². The van der Waals surface area contributed by atoms with Crippen LogP contribution in [-0.2, 0) is 11.3 Å². The molecule has 1 aromatic carbocycles. The number of esters is 1. The summed E-state index contributed by atoms with van der Waals surface area (Å²) in [6, 6.07) is 8.10. The molecule has 2 aromatic rings. The highest BCUT2D eigenvalue weighted by molar-refractivity contribution is 5.89. The highest BCUT2D eigenvalue weighted by Crippen LogP contribution is 2.28. The maximum Gasteiger partial charge on any atom is 0.310 e. The number of unbranched alkanes of at least 4 members (excludes halogenated alkanes) is 3. The van der Waals surface area contributed by atoms with Gasteiger partial charge in [0.25, 0.3) is 0 Å². The number of aryl methyl sites for hydroxylation is 1. The predicted molar refractivity (Wildman–Crippen MR) is 82.0 cm³/mol. The van der Waals surface area contributed by atoms with Gasteiger partial charge in [-0.3, -0.25) is 4.79 Å². The van der Waals surface area contributed by atoms with Crippen LogP contribution in [0.1, 0.15) is 46.0 Å². The topological polar surface area (TPSA) is 31.2 Å². The molecule has 20 heavy (non-hydrogen) atoms. The van der Waals surface area contributed by atoms with E-state index in [4.69, 9.17) is 4.74 Å². The van der Waals surface area contributed by atoms with Crippen LogP contribution in [0.3, 0.4) is 0 Å². The van der Waals surface area contributed by atoms with E-state index in [1.165, 1.54) is 19.3 Å². The molecular weight excluding hydrogens is 250 g/mol. The van der Waals surface area contributed by atoms with Crippen molar-refractivity contribution in [1.29, 1.82) is 0 Å². The molecule has 0 radical (unpaired) electrons. The smallest absolute Gasteiger partial charge is 0.310 e. The molecule has 0 fully saturated rings. The van der Waals surface area contributed by atoms with Gasteiger partial charge < -0.3 is 9.30 Å². The van der Waals surface area contributed by atoms with Crippen molar-refractivity contribution in [3.05, 3.63) is 30.5 Å². The lowest BCUT2D eigenvalue weighted by atomic mass is 10.2. The first kappa shape index (κ1) is 14.6. The maximum absolute atomic E-state index is 11.5. The fraction of sp³-hybridized carbons (Fsp3) is 0.471. The highest BCUT2D eigenvalue weighted by Gasteiger charge is 2.11. The SMILES string of the molecule is CCCCCCn1cc(OC(=O)CC)c2ccccc21. The van der Waals surface area contributed by atoms with E-state index >= 15 is 0 Å². The molecule has 0 saturated heterocycles. The zero-order valence-electron chi connectivity index (χ0n) is 12.4. The number of ether oxygens (including phenoxy) is 1. The van der Waals surface area contributed by atoms with Crippen LogP contribution in [0.4, 0.5) is 0 Å². The molecule has 2 rings (SSSR count). The minimum atomic E-state index is -0.182. The van der Waals surface area contributed by atoms with E-state index in [9.17, 15) is 4.79 Å². The fourth-order valence-electron chi connectivity index (χ4n) is 2.38. The van der Waals surface area contributed by atoms with Crippen molar-refractivity contribution >= 4 is 16.9 Å². The van der Waals surface area contributed by atoms with Gasteiger partial charge in [0.05, 0.1) is 5.52 Å². The average Bonchev–Trinajstić information content (AvgIpc) is 2.82. The van der Waals surface area contributed by atoms with Crippen molar-refractivity contribution < 1.29 is 9.53 Å². The van der Waals surface area contributed by atoms with Gasteiger partial charge in [0.1, 0.15) is 0 Å². The van der Waals surface area contributed by atoms with Gasteiger partial charge in [0, 0.05) is 24.5 Å². The number of hydrogen-bond donors (Lipinski definition) is 0. The zero-order chi connectivity index (χ0) is 14.4. The van der Waals surface area contributed by atoms with Crippen LogP contribution in [0.15, 0.2) is 30.5 Å². The molecule has 3 heteroatoms. The lowest BCUT2D eigenvalue weighted by Gasteiger charge is -2.04. The summed E-state index contributed by atoms with van der Waals surface area (Å²) in [5.74, 6) is 0.502. The van der Waals surface area contributed by atoms with E-state index in [-0.39, 0.29) is 5.97 Å². The van der Waals surface area contributed by atoms with Crippen LogP contribution in [-0.4, -0.2) is 10.5 Å². The Morgan fingerprint density at radius 2 is 1.95 bits per heavy atom. The second kappa shape index (κ2) is 7.13. The third kappa shape index (κ3) is 3.41. The third-order valence-corrected chi connectivity index (χ3v) is 3.52. The molecule has 0 unspecified atom stereocenters. The van der Waals surface area contributed by atoms with E-state index in [2.05, 4.69) is 17.6 Å². The van der Waals surface area contributed by atoms with Crippen LogP contribution < -0.4 is 4.74 Å². The monoisotopic (exact) mass is 273 g/mol. The Kier molecular flexibility index (Phi) is 5.22. The van der Waals surface area contributed by atoms with Crippen LogP contribution in [0.5, 0.6) is 5.75 Å². The molecule has 0 amide bonds. The summed E-state index contributed by atoms with van der Waals surface area (Å²) in [7, 11) is 0. The van der Waals surface area contributed by atoms with Crippen molar-refractivity contribution in [2.75, 3.05) is 0 Å². The first-order valence-corrected chi connectivity index (χ1v) is 7.54. The van der Waals surface area contributed by atoms with E-state index in [0.29, 0.717) is 12.2 Å². The Hall–Kier alpha value is -1.77. The summed E-state index contributed by atoms with van der Waals surface area (Å²) in [5.41, 5.74) is 1.14. The van der Waals surface area contributed by atoms with Crippen LogP contribution in [0.25, 0.3) is 10.9 Å². The Morgan fingerprint density at radius 1 is 1.15 bits per heavy atom. The molecule has 0 spiro atoms. The van der Waals surface area contributed by atoms with Crippen molar-refractivity contribution in [2.45, 2.75) is 52.5 Å². The number of hydrogen-bond acceptors (Lipinski definition) is 2. The molecule has 0 aliphatic rings. The Balaban J connectivity index is 2.19. The molecule has 0 aliphatic carbocycles. The number of para-hydroxylation sites is 1. The molecule has 1 heterocycles. The molecule has 0 atom stereocenters. The molecule has 0 saturated carbocycles. The van der Waals surface area contributed by atoms with Gasteiger partial charge in [0.15, 0.2) is 5.75 Å². The largest absolute Gasteiger partial charge is 0.424 e. The number of benzene rings is 1. The number of nitrogens with zero attached hydrogens (tertiary/aromatic N) is 1. The molecule has 0 bridgehead atoms. The maximum atomic E-state index is 11.5. The minimum absolute atomic E-state index is 0.182. The standard InChI is InChI=1S/C17H23NO2/c1-3-5-6-9-12-18-13-16(20-17(19)4-2)14-10-7-8-11-15(14)18/h7-8,10-11,13H,3-6,9,12H2,1-2H3. The second-order valence-corrected chi connectivity index (χ2v) is 5.09. The number of aromatic nitrogens is 1. The van der Waals surface area contributed by atoms with Crippen LogP contribution in [0, 0.1) is 0 Å². The molecule has 108 valence electrons. The zero-order valence-corrected chi connectivity index (χ0v) is 12.4. The van der Waals surface area contributed by atoms with E-state index in [1.54, 1.807) is 0 Å². The first-order chi connectivity index (χ1) is 9.76. The van der Waals surface area contributed by atoms with Crippen LogP contribution >= 0.6 is 0 Å². The van der Waals surface area contributed by atoms with E-state index in [0.717, 1.165) is 23.9 Å². The summed E-state index contributed by atoms with van der Waals surface area (Å²) < 4.78 is 7.62. The summed E-state index contributed by atoms with van der Waals surface area (Å²) >= 11 is 0. The number of carbonyl (C=O) groups is 1.